The van der Waals surface area contributed by atoms with E-state index in [2.05, 4.69) is 4.98 Å². The zero-order valence-electron chi connectivity index (χ0n) is 7.92. The monoisotopic (exact) mass is 199 g/mol. The van der Waals surface area contributed by atoms with Crippen LogP contribution in [0, 0.1) is 6.92 Å². The number of halogens is 1. The predicted molar refractivity (Wildman–Crippen MR) is 54.0 cm³/mol. The summed E-state index contributed by atoms with van der Waals surface area (Å²) in [6.07, 6.45) is 1.23. The highest BCUT2D eigenvalue weighted by atomic mass is 35.5. The minimum Gasteiger partial charge on any atom is -0.393 e. The average molecular weight is 200 g/mol. The van der Waals surface area contributed by atoms with E-state index in [4.69, 9.17) is 16.7 Å². The zero-order valence-corrected chi connectivity index (χ0v) is 8.67. The number of rotatable bonds is 3. The average Bonchev–Trinajstić information content (AvgIpc) is 2.02. The van der Waals surface area contributed by atoms with Gasteiger partial charge in [-0.3, -0.25) is 0 Å². The van der Waals surface area contributed by atoms with E-state index in [1.165, 1.54) is 0 Å². The van der Waals surface area contributed by atoms with Crippen LogP contribution in [-0.2, 0) is 6.42 Å². The van der Waals surface area contributed by atoms with E-state index in [0.717, 1.165) is 24.1 Å². The summed E-state index contributed by atoms with van der Waals surface area (Å²) in [6, 6.07) is 3.90. The molecule has 0 bridgehead atoms. The number of aliphatic hydroxyl groups is 1. The number of aryl methyl sites for hydroxylation is 2. The molecule has 1 N–H and O–H groups in total. The molecule has 1 unspecified atom stereocenters. The van der Waals surface area contributed by atoms with Crippen LogP contribution in [0.15, 0.2) is 12.1 Å². The molecule has 1 aromatic rings. The number of nitrogens with zero attached hydrogens (tertiary/aromatic N) is 1. The molecule has 0 saturated heterocycles. The summed E-state index contributed by atoms with van der Waals surface area (Å²) < 4.78 is 0. The van der Waals surface area contributed by atoms with Crippen molar-refractivity contribution in [3.8, 4) is 0 Å². The molecule has 3 heteroatoms. The molecular formula is C10H14ClNO. The molecule has 2 nitrogen and oxygen atoms in total. The normalized spacial score (nSPS) is 12.9. The summed E-state index contributed by atoms with van der Waals surface area (Å²) in [5.74, 6) is 0. The van der Waals surface area contributed by atoms with Crippen molar-refractivity contribution < 1.29 is 5.11 Å². The van der Waals surface area contributed by atoms with Crippen molar-refractivity contribution in [1.82, 2.24) is 4.98 Å². The van der Waals surface area contributed by atoms with Gasteiger partial charge in [-0.05, 0) is 38.3 Å². The largest absolute Gasteiger partial charge is 0.393 e. The van der Waals surface area contributed by atoms with Gasteiger partial charge < -0.3 is 5.11 Å². The van der Waals surface area contributed by atoms with Crippen LogP contribution in [0.3, 0.4) is 0 Å². The lowest BCUT2D eigenvalue weighted by Gasteiger charge is -2.05. The van der Waals surface area contributed by atoms with Gasteiger partial charge in [-0.25, -0.2) is 4.98 Å². The van der Waals surface area contributed by atoms with E-state index in [0.29, 0.717) is 5.15 Å². The Labute approximate surface area is 83.6 Å². The SMILES string of the molecule is Cc1ccc(CCC(C)O)c(Cl)n1. The summed E-state index contributed by atoms with van der Waals surface area (Å²) in [7, 11) is 0. The highest BCUT2D eigenvalue weighted by Crippen LogP contribution is 2.15. The number of pyridine rings is 1. The topological polar surface area (TPSA) is 33.1 Å². The first-order valence-electron chi connectivity index (χ1n) is 4.39. The summed E-state index contributed by atoms with van der Waals surface area (Å²) in [5.41, 5.74) is 1.93. The third-order valence-electron chi connectivity index (χ3n) is 1.90. The predicted octanol–water partition coefficient (Wildman–Crippen LogP) is 2.36. The minimum absolute atomic E-state index is 0.280. The van der Waals surface area contributed by atoms with Crippen molar-refractivity contribution in [2.75, 3.05) is 0 Å². The fourth-order valence-corrected chi connectivity index (χ4v) is 1.40. The third-order valence-corrected chi connectivity index (χ3v) is 2.22. The Morgan fingerprint density at radius 3 is 2.77 bits per heavy atom. The Bertz CT molecular complexity index is 286. The number of hydrogen-bond donors (Lipinski definition) is 1. The van der Waals surface area contributed by atoms with Gasteiger partial charge in [0.1, 0.15) is 5.15 Å². The molecule has 0 aliphatic heterocycles. The fraction of sp³-hybridized carbons (Fsp3) is 0.500. The van der Waals surface area contributed by atoms with Gasteiger partial charge in [0, 0.05) is 5.69 Å². The van der Waals surface area contributed by atoms with E-state index >= 15 is 0 Å². The maximum Gasteiger partial charge on any atom is 0.132 e. The van der Waals surface area contributed by atoms with Crippen molar-refractivity contribution >= 4 is 11.6 Å². The van der Waals surface area contributed by atoms with Crippen LogP contribution in [0.25, 0.3) is 0 Å². The maximum atomic E-state index is 9.10. The Balaban J connectivity index is 2.67. The molecule has 0 radical (unpaired) electrons. The summed E-state index contributed by atoms with van der Waals surface area (Å²) in [6.45, 7) is 3.68. The number of aliphatic hydroxyl groups excluding tert-OH is 1. The van der Waals surface area contributed by atoms with Crippen molar-refractivity contribution in [2.24, 2.45) is 0 Å². The minimum atomic E-state index is -0.280. The Morgan fingerprint density at radius 1 is 1.54 bits per heavy atom. The van der Waals surface area contributed by atoms with Crippen LogP contribution < -0.4 is 0 Å². The molecule has 72 valence electrons. The van der Waals surface area contributed by atoms with E-state index in [9.17, 15) is 0 Å². The van der Waals surface area contributed by atoms with E-state index in [1.807, 2.05) is 19.1 Å². The van der Waals surface area contributed by atoms with E-state index < -0.39 is 0 Å². The van der Waals surface area contributed by atoms with Crippen molar-refractivity contribution in [3.05, 3.63) is 28.5 Å². The zero-order chi connectivity index (χ0) is 9.84. The first-order valence-corrected chi connectivity index (χ1v) is 4.77. The molecule has 0 fully saturated rings. The number of aromatic nitrogens is 1. The lowest BCUT2D eigenvalue weighted by Crippen LogP contribution is -2.02. The van der Waals surface area contributed by atoms with Crippen LogP contribution in [0.5, 0.6) is 0 Å². The number of hydrogen-bond acceptors (Lipinski definition) is 2. The Kier molecular flexibility index (Phi) is 3.70. The Hall–Kier alpha value is -0.600. The molecule has 1 aromatic heterocycles. The highest BCUT2D eigenvalue weighted by molar-refractivity contribution is 6.30. The molecule has 1 rings (SSSR count). The molecule has 0 amide bonds. The fourth-order valence-electron chi connectivity index (χ4n) is 1.10. The molecule has 1 heterocycles. The Morgan fingerprint density at radius 2 is 2.23 bits per heavy atom. The van der Waals surface area contributed by atoms with Crippen molar-refractivity contribution in [2.45, 2.75) is 32.8 Å². The molecule has 0 saturated carbocycles. The van der Waals surface area contributed by atoms with Crippen molar-refractivity contribution in [1.29, 1.82) is 0 Å². The summed E-state index contributed by atoms with van der Waals surface area (Å²) in [5, 5.41) is 9.65. The molecule has 0 aromatic carbocycles. The van der Waals surface area contributed by atoms with Gasteiger partial charge in [0.25, 0.3) is 0 Å². The second kappa shape index (κ2) is 4.58. The van der Waals surface area contributed by atoms with Gasteiger partial charge in [0.15, 0.2) is 0 Å². The van der Waals surface area contributed by atoms with E-state index in [1.54, 1.807) is 6.92 Å². The van der Waals surface area contributed by atoms with Gasteiger partial charge in [0.05, 0.1) is 6.10 Å². The van der Waals surface area contributed by atoms with Crippen LogP contribution >= 0.6 is 11.6 Å². The van der Waals surface area contributed by atoms with Gasteiger partial charge in [0.2, 0.25) is 0 Å². The smallest absolute Gasteiger partial charge is 0.132 e. The lowest BCUT2D eigenvalue weighted by atomic mass is 10.1. The van der Waals surface area contributed by atoms with E-state index in [-0.39, 0.29) is 6.10 Å². The van der Waals surface area contributed by atoms with Gasteiger partial charge in [-0.1, -0.05) is 17.7 Å². The first kappa shape index (κ1) is 10.5. The van der Waals surface area contributed by atoms with Crippen molar-refractivity contribution in [3.63, 3.8) is 0 Å². The van der Waals surface area contributed by atoms with Gasteiger partial charge >= 0.3 is 0 Å². The standard InChI is InChI=1S/C10H14ClNO/c1-7-3-5-9(10(11)12-7)6-4-8(2)13/h3,5,8,13H,4,6H2,1-2H3. The third kappa shape index (κ3) is 3.33. The van der Waals surface area contributed by atoms with Crippen LogP contribution in [0.2, 0.25) is 5.15 Å². The van der Waals surface area contributed by atoms with Gasteiger partial charge in [-0.2, -0.15) is 0 Å². The maximum absolute atomic E-state index is 9.10. The van der Waals surface area contributed by atoms with Crippen LogP contribution in [0.1, 0.15) is 24.6 Å². The molecule has 1 atom stereocenters. The molecule has 0 aliphatic rings. The van der Waals surface area contributed by atoms with Crippen LogP contribution in [0.4, 0.5) is 0 Å². The lowest BCUT2D eigenvalue weighted by molar-refractivity contribution is 0.185. The molecule has 0 spiro atoms. The first-order chi connectivity index (χ1) is 6.09. The summed E-state index contributed by atoms with van der Waals surface area (Å²) >= 11 is 5.92. The summed E-state index contributed by atoms with van der Waals surface area (Å²) in [4.78, 5) is 4.14. The second-order valence-corrected chi connectivity index (χ2v) is 3.65. The van der Waals surface area contributed by atoms with Crippen LogP contribution in [-0.4, -0.2) is 16.2 Å². The molecule has 0 aliphatic carbocycles. The van der Waals surface area contributed by atoms with Gasteiger partial charge in [-0.15, -0.1) is 0 Å². The highest BCUT2D eigenvalue weighted by Gasteiger charge is 2.03. The molecule has 13 heavy (non-hydrogen) atoms. The second-order valence-electron chi connectivity index (χ2n) is 3.29. The molecular weight excluding hydrogens is 186 g/mol. The quantitative estimate of drug-likeness (QED) is 0.759.